The SMILES string of the molecule is c1ccc2c(c1)cc(-c1ccc3oc4c(-c5ccc6ccc7cccc8ccc5c6c78)cccc4c3c1)c1ccccc12. The van der Waals surface area contributed by atoms with Crippen molar-refractivity contribution in [3.8, 4) is 22.3 Å². The highest BCUT2D eigenvalue weighted by atomic mass is 16.3. The van der Waals surface area contributed by atoms with Crippen molar-refractivity contribution in [3.05, 3.63) is 146 Å². The van der Waals surface area contributed by atoms with E-state index in [0.717, 1.165) is 27.5 Å². The number of para-hydroxylation sites is 1. The summed E-state index contributed by atoms with van der Waals surface area (Å²) >= 11 is 0. The molecule has 0 saturated carbocycles. The molecule has 9 aromatic carbocycles. The monoisotopic (exact) mass is 544 g/mol. The first kappa shape index (κ1) is 23.0. The van der Waals surface area contributed by atoms with Gasteiger partial charge in [0, 0.05) is 16.3 Å². The van der Waals surface area contributed by atoms with Crippen LogP contribution in [0.3, 0.4) is 0 Å². The molecule has 0 bridgehead atoms. The first-order chi connectivity index (χ1) is 21.3. The van der Waals surface area contributed by atoms with E-state index in [2.05, 4.69) is 146 Å². The van der Waals surface area contributed by atoms with E-state index in [1.807, 2.05) is 0 Å². The van der Waals surface area contributed by atoms with Gasteiger partial charge in [-0.05, 0) is 88.8 Å². The van der Waals surface area contributed by atoms with E-state index in [1.165, 1.54) is 70.6 Å². The number of furan rings is 1. The molecule has 0 unspecified atom stereocenters. The lowest BCUT2D eigenvalue weighted by Crippen LogP contribution is -1.87. The summed E-state index contributed by atoms with van der Waals surface area (Å²) in [4.78, 5) is 0. The minimum atomic E-state index is 0.911. The van der Waals surface area contributed by atoms with Crippen LogP contribution in [0, 0.1) is 0 Å². The van der Waals surface area contributed by atoms with Gasteiger partial charge in [-0.15, -0.1) is 0 Å². The second-order valence-corrected chi connectivity index (χ2v) is 11.7. The highest BCUT2D eigenvalue weighted by molar-refractivity contribution is 6.26. The molecule has 0 saturated heterocycles. The van der Waals surface area contributed by atoms with Gasteiger partial charge in [-0.1, -0.05) is 127 Å². The fourth-order valence-electron chi connectivity index (χ4n) is 7.44. The topological polar surface area (TPSA) is 13.1 Å². The largest absolute Gasteiger partial charge is 0.455 e. The van der Waals surface area contributed by atoms with E-state index in [-0.39, 0.29) is 0 Å². The summed E-state index contributed by atoms with van der Waals surface area (Å²) in [6, 6.07) is 53.1. The van der Waals surface area contributed by atoms with Gasteiger partial charge < -0.3 is 4.42 Å². The second kappa shape index (κ2) is 8.44. The van der Waals surface area contributed by atoms with Gasteiger partial charge in [0.05, 0.1) is 0 Å². The minimum absolute atomic E-state index is 0.911. The molecular weight excluding hydrogens is 520 g/mol. The normalized spacial score (nSPS) is 12.2. The van der Waals surface area contributed by atoms with Crippen LogP contribution in [0.1, 0.15) is 0 Å². The zero-order chi connectivity index (χ0) is 28.1. The van der Waals surface area contributed by atoms with Crippen molar-refractivity contribution in [2.24, 2.45) is 0 Å². The Morgan fingerprint density at radius 3 is 1.88 bits per heavy atom. The number of fused-ring (bicyclic) bond motifs is 6. The maximum absolute atomic E-state index is 6.68. The van der Waals surface area contributed by atoms with Gasteiger partial charge in [-0.25, -0.2) is 0 Å². The summed E-state index contributed by atoms with van der Waals surface area (Å²) in [5.41, 5.74) is 6.63. The Labute approximate surface area is 247 Å². The van der Waals surface area contributed by atoms with Crippen molar-refractivity contribution < 1.29 is 4.42 Å². The summed E-state index contributed by atoms with van der Waals surface area (Å²) in [5, 5.41) is 15.1. The Morgan fingerprint density at radius 1 is 0.326 bits per heavy atom. The molecule has 43 heavy (non-hydrogen) atoms. The van der Waals surface area contributed by atoms with Crippen LogP contribution in [0.2, 0.25) is 0 Å². The van der Waals surface area contributed by atoms with E-state index >= 15 is 0 Å². The van der Waals surface area contributed by atoms with E-state index in [4.69, 9.17) is 4.42 Å². The lowest BCUT2D eigenvalue weighted by Gasteiger charge is -2.14. The van der Waals surface area contributed by atoms with Gasteiger partial charge in [0.15, 0.2) is 0 Å². The molecule has 0 fully saturated rings. The van der Waals surface area contributed by atoms with Crippen molar-refractivity contribution >= 4 is 75.8 Å². The summed E-state index contributed by atoms with van der Waals surface area (Å²) in [6.45, 7) is 0. The third-order valence-corrected chi connectivity index (χ3v) is 9.39. The standard InChI is InChI=1S/C42H24O/c1-2-10-30-28(7-1)23-37(32-12-4-3-11-31(30)32)29-19-22-39-38(24-29)36-14-6-13-35(42(36)43-39)33-20-17-27-16-15-25-8-5-9-26-18-21-34(33)41(27)40(25)26/h1-24H. The molecule has 198 valence electrons. The maximum atomic E-state index is 6.68. The minimum Gasteiger partial charge on any atom is -0.455 e. The van der Waals surface area contributed by atoms with Gasteiger partial charge in [0.2, 0.25) is 0 Å². The van der Waals surface area contributed by atoms with Gasteiger partial charge in [-0.3, -0.25) is 0 Å². The molecule has 10 rings (SSSR count). The Kier molecular flexibility index (Phi) is 4.51. The third-order valence-electron chi connectivity index (χ3n) is 9.39. The predicted octanol–water partition coefficient (Wildman–Crippen LogP) is 12.1. The van der Waals surface area contributed by atoms with Crippen LogP contribution in [-0.4, -0.2) is 0 Å². The molecule has 0 aliphatic rings. The van der Waals surface area contributed by atoms with Gasteiger partial charge >= 0.3 is 0 Å². The van der Waals surface area contributed by atoms with Crippen molar-refractivity contribution in [1.82, 2.24) is 0 Å². The quantitative estimate of drug-likeness (QED) is 0.197. The summed E-state index contributed by atoms with van der Waals surface area (Å²) in [7, 11) is 0. The first-order valence-corrected chi connectivity index (χ1v) is 14.8. The van der Waals surface area contributed by atoms with E-state index in [1.54, 1.807) is 0 Å². The highest BCUT2D eigenvalue weighted by Crippen LogP contribution is 2.44. The molecule has 0 amide bonds. The molecule has 0 aliphatic heterocycles. The van der Waals surface area contributed by atoms with E-state index in [0.29, 0.717) is 0 Å². The molecule has 0 spiro atoms. The Bertz CT molecular complexity index is 2710. The van der Waals surface area contributed by atoms with Gasteiger partial charge in [0.1, 0.15) is 11.2 Å². The van der Waals surface area contributed by atoms with Crippen LogP contribution in [0.5, 0.6) is 0 Å². The fraction of sp³-hybridized carbons (Fsp3) is 0. The van der Waals surface area contributed by atoms with Crippen molar-refractivity contribution in [2.75, 3.05) is 0 Å². The van der Waals surface area contributed by atoms with Crippen LogP contribution in [0.15, 0.2) is 150 Å². The van der Waals surface area contributed by atoms with Crippen LogP contribution >= 0.6 is 0 Å². The third kappa shape index (κ3) is 3.17. The van der Waals surface area contributed by atoms with Crippen molar-refractivity contribution in [1.29, 1.82) is 0 Å². The zero-order valence-corrected chi connectivity index (χ0v) is 23.3. The van der Waals surface area contributed by atoms with E-state index < -0.39 is 0 Å². The second-order valence-electron chi connectivity index (χ2n) is 11.7. The number of hydrogen-bond acceptors (Lipinski definition) is 1. The molecule has 0 N–H and O–H groups in total. The average Bonchev–Trinajstić information content (AvgIpc) is 3.45. The molecule has 1 heterocycles. The van der Waals surface area contributed by atoms with Crippen LogP contribution < -0.4 is 0 Å². The van der Waals surface area contributed by atoms with Crippen molar-refractivity contribution in [2.45, 2.75) is 0 Å². The summed E-state index contributed by atoms with van der Waals surface area (Å²) in [6.07, 6.45) is 0. The number of rotatable bonds is 2. The van der Waals surface area contributed by atoms with Crippen LogP contribution in [0.4, 0.5) is 0 Å². The Hall–Kier alpha value is -5.66. The summed E-state index contributed by atoms with van der Waals surface area (Å²) in [5.74, 6) is 0. The number of hydrogen-bond donors (Lipinski definition) is 0. The molecule has 1 heteroatoms. The maximum Gasteiger partial charge on any atom is 0.143 e. The molecule has 1 nitrogen and oxygen atoms in total. The highest BCUT2D eigenvalue weighted by Gasteiger charge is 2.18. The molecular formula is C42H24O. The van der Waals surface area contributed by atoms with Crippen LogP contribution in [0.25, 0.3) is 98.1 Å². The Balaban J connectivity index is 1.23. The zero-order valence-electron chi connectivity index (χ0n) is 23.3. The molecule has 0 atom stereocenters. The Morgan fingerprint density at radius 2 is 1.00 bits per heavy atom. The first-order valence-electron chi connectivity index (χ1n) is 14.8. The fourth-order valence-corrected chi connectivity index (χ4v) is 7.44. The molecule has 1 aromatic heterocycles. The van der Waals surface area contributed by atoms with Crippen LogP contribution in [-0.2, 0) is 0 Å². The van der Waals surface area contributed by atoms with Gasteiger partial charge in [0.25, 0.3) is 0 Å². The van der Waals surface area contributed by atoms with E-state index in [9.17, 15) is 0 Å². The lowest BCUT2D eigenvalue weighted by molar-refractivity contribution is 0.670. The van der Waals surface area contributed by atoms with Gasteiger partial charge in [-0.2, -0.15) is 0 Å². The smallest absolute Gasteiger partial charge is 0.143 e. The number of benzene rings is 9. The molecule has 0 aliphatic carbocycles. The van der Waals surface area contributed by atoms with Crippen molar-refractivity contribution in [3.63, 3.8) is 0 Å². The average molecular weight is 545 g/mol. The summed E-state index contributed by atoms with van der Waals surface area (Å²) < 4.78 is 6.68. The predicted molar refractivity (Wildman–Crippen MR) is 183 cm³/mol. The molecule has 0 radical (unpaired) electrons. The lowest BCUT2D eigenvalue weighted by atomic mass is 9.89. The molecule has 10 aromatic rings.